The molecule has 4 N–H and O–H groups in total. The Morgan fingerprint density at radius 1 is 0.792 bits per heavy atom. The number of unbranched alkanes of at least 4 members (excludes halogenated alkanes) is 13. The first-order valence-corrected chi connectivity index (χ1v) is 10.6. The zero-order valence-corrected chi connectivity index (χ0v) is 16.2. The van der Waals surface area contributed by atoms with Crippen molar-refractivity contribution in [3.05, 3.63) is 23.9 Å². The van der Waals surface area contributed by atoms with Gasteiger partial charge in [-0.15, -0.1) is 0 Å². The van der Waals surface area contributed by atoms with E-state index < -0.39 is 0 Å². The fourth-order valence-electron chi connectivity index (χ4n) is 3.68. The normalized spacial score (nSPS) is 20.3. The highest BCUT2D eigenvalue weighted by Gasteiger charge is 2.23. The third-order valence-electron chi connectivity index (χ3n) is 5.27. The maximum absolute atomic E-state index is 6.39. The van der Waals surface area contributed by atoms with Gasteiger partial charge in [0.25, 0.3) is 0 Å². The third kappa shape index (κ3) is 10.9. The van der Waals surface area contributed by atoms with Gasteiger partial charge >= 0.3 is 0 Å². The molecular formula is C22H42N2. The summed E-state index contributed by atoms with van der Waals surface area (Å²) in [6.07, 6.45) is 27.6. The fourth-order valence-corrected chi connectivity index (χ4v) is 3.68. The van der Waals surface area contributed by atoms with Crippen LogP contribution >= 0.6 is 0 Å². The lowest BCUT2D eigenvalue weighted by atomic mass is 9.85. The van der Waals surface area contributed by atoms with Gasteiger partial charge in [0, 0.05) is 17.7 Å². The van der Waals surface area contributed by atoms with Gasteiger partial charge in [0.1, 0.15) is 0 Å². The van der Waals surface area contributed by atoms with Crippen molar-refractivity contribution in [3.8, 4) is 0 Å². The second-order valence-electron chi connectivity index (χ2n) is 7.86. The van der Waals surface area contributed by atoms with Crippen LogP contribution in [0.3, 0.4) is 0 Å². The molecule has 0 saturated heterocycles. The fraction of sp³-hybridized carbons (Fsp3) is 0.818. The van der Waals surface area contributed by atoms with Crippen LogP contribution in [0.5, 0.6) is 0 Å². The zero-order valence-electron chi connectivity index (χ0n) is 16.2. The molecule has 0 spiro atoms. The maximum atomic E-state index is 6.39. The lowest BCUT2D eigenvalue weighted by Gasteiger charge is -2.28. The minimum Gasteiger partial charge on any atom is -0.402 e. The quantitative estimate of drug-likeness (QED) is 0.342. The van der Waals surface area contributed by atoms with Gasteiger partial charge in [0.2, 0.25) is 0 Å². The summed E-state index contributed by atoms with van der Waals surface area (Å²) in [5.41, 5.74) is 13.0. The molecule has 2 heteroatoms. The van der Waals surface area contributed by atoms with Crippen molar-refractivity contribution < 1.29 is 0 Å². The second kappa shape index (κ2) is 13.5. The molecule has 140 valence electrons. The van der Waals surface area contributed by atoms with E-state index >= 15 is 0 Å². The van der Waals surface area contributed by atoms with E-state index in [9.17, 15) is 0 Å². The van der Waals surface area contributed by atoms with Crippen molar-refractivity contribution in [3.63, 3.8) is 0 Å². The molecule has 1 unspecified atom stereocenters. The van der Waals surface area contributed by atoms with E-state index in [2.05, 4.69) is 13.0 Å². The highest BCUT2D eigenvalue weighted by molar-refractivity contribution is 5.24. The Bertz CT molecular complexity index is 359. The summed E-state index contributed by atoms with van der Waals surface area (Å²) >= 11 is 0. The molecule has 2 nitrogen and oxygen atoms in total. The Morgan fingerprint density at radius 3 is 1.71 bits per heavy atom. The van der Waals surface area contributed by atoms with Crippen molar-refractivity contribution in [2.24, 2.45) is 11.5 Å². The molecule has 0 aromatic rings. The van der Waals surface area contributed by atoms with Gasteiger partial charge in [-0.05, 0) is 12.5 Å². The number of hydrogen-bond acceptors (Lipinski definition) is 2. The van der Waals surface area contributed by atoms with Crippen LogP contribution in [0.15, 0.2) is 23.9 Å². The Kier molecular flexibility index (Phi) is 12.0. The molecule has 0 aliphatic heterocycles. The Morgan fingerprint density at radius 2 is 1.25 bits per heavy atom. The highest BCUT2D eigenvalue weighted by Crippen LogP contribution is 2.24. The number of allylic oxidation sites excluding steroid dienone is 2. The monoisotopic (exact) mass is 334 g/mol. The molecule has 24 heavy (non-hydrogen) atoms. The first-order chi connectivity index (χ1) is 11.7. The van der Waals surface area contributed by atoms with Gasteiger partial charge in [0.15, 0.2) is 0 Å². The second-order valence-corrected chi connectivity index (χ2v) is 7.86. The molecule has 1 aliphatic rings. The third-order valence-corrected chi connectivity index (χ3v) is 5.27. The predicted octanol–water partition coefficient (Wildman–Crippen LogP) is 6.36. The van der Waals surface area contributed by atoms with E-state index in [0.717, 1.165) is 18.5 Å². The number of rotatable bonds is 15. The van der Waals surface area contributed by atoms with Crippen LogP contribution in [-0.4, -0.2) is 5.54 Å². The molecule has 0 bridgehead atoms. The highest BCUT2D eigenvalue weighted by atomic mass is 14.8. The summed E-state index contributed by atoms with van der Waals surface area (Å²) in [6, 6.07) is 0. The maximum Gasteiger partial charge on any atom is 0.0397 e. The van der Waals surface area contributed by atoms with Crippen molar-refractivity contribution in [2.75, 3.05) is 0 Å². The Labute approximate surface area is 151 Å². The van der Waals surface area contributed by atoms with Crippen LogP contribution in [-0.2, 0) is 0 Å². The molecule has 0 aromatic heterocycles. The minimum atomic E-state index is -0.185. The first kappa shape index (κ1) is 21.3. The van der Waals surface area contributed by atoms with Crippen LogP contribution in [0.1, 0.15) is 110 Å². The molecule has 0 radical (unpaired) electrons. The van der Waals surface area contributed by atoms with Crippen molar-refractivity contribution in [1.29, 1.82) is 0 Å². The summed E-state index contributed by atoms with van der Waals surface area (Å²) < 4.78 is 0. The van der Waals surface area contributed by atoms with Gasteiger partial charge < -0.3 is 11.5 Å². The summed E-state index contributed by atoms with van der Waals surface area (Å²) in [4.78, 5) is 0. The molecule has 0 saturated carbocycles. The smallest absolute Gasteiger partial charge is 0.0397 e. The molecule has 0 aromatic carbocycles. The molecule has 0 heterocycles. The van der Waals surface area contributed by atoms with E-state index in [1.165, 1.54) is 89.9 Å². The Hall–Kier alpha value is -0.760. The van der Waals surface area contributed by atoms with E-state index in [1.807, 2.05) is 12.2 Å². The van der Waals surface area contributed by atoms with Crippen molar-refractivity contribution >= 4 is 0 Å². The summed E-state index contributed by atoms with van der Waals surface area (Å²) in [6.45, 7) is 2.29. The molecular weight excluding hydrogens is 292 g/mol. The average molecular weight is 335 g/mol. The van der Waals surface area contributed by atoms with Gasteiger partial charge in [0.05, 0.1) is 0 Å². The van der Waals surface area contributed by atoms with Gasteiger partial charge in [-0.1, -0.05) is 109 Å². The lowest BCUT2D eigenvalue weighted by Crippen LogP contribution is -2.40. The lowest BCUT2D eigenvalue weighted by molar-refractivity contribution is 0.440. The standard InChI is InChI=1S/C22H42N2/c1-2-3-4-5-6-7-8-9-10-11-12-13-14-15-18-22(24)19-16-17-21(23)20-22/h16-17,19H,2-15,18,20,23-24H2,1H3. The average Bonchev–Trinajstić information content (AvgIpc) is 2.55. The molecule has 0 amide bonds. The van der Waals surface area contributed by atoms with E-state index in [-0.39, 0.29) is 5.54 Å². The SMILES string of the molecule is CCCCCCCCCCCCCCCCC1(N)C=CC=C(N)C1. The molecule has 0 fully saturated rings. The number of hydrogen-bond donors (Lipinski definition) is 2. The first-order valence-electron chi connectivity index (χ1n) is 10.6. The summed E-state index contributed by atoms with van der Waals surface area (Å²) in [7, 11) is 0. The largest absolute Gasteiger partial charge is 0.402 e. The minimum absolute atomic E-state index is 0.185. The van der Waals surface area contributed by atoms with Gasteiger partial charge in [-0.2, -0.15) is 0 Å². The zero-order chi connectivity index (χ0) is 17.5. The topological polar surface area (TPSA) is 52.0 Å². The van der Waals surface area contributed by atoms with E-state index in [0.29, 0.717) is 0 Å². The van der Waals surface area contributed by atoms with E-state index in [4.69, 9.17) is 11.5 Å². The van der Waals surface area contributed by atoms with Crippen LogP contribution in [0.2, 0.25) is 0 Å². The van der Waals surface area contributed by atoms with Crippen molar-refractivity contribution in [2.45, 2.75) is 115 Å². The van der Waals surface area contributed by atoms with E-state index in [1.54, 1.807) is 0 Å². The van der Waals surface area contributed by atoms with Crippen LogP contribution in [0.25, 0.3) is 0 Å². The van der Waals surface area contributed by atoms with Gasteiger partial charge in [-0.25, -0.2) is 0 Å². The van der Waals surface area contributed by atoms with Crippen LogP contribution < -0.4 is 11.5 Å². The van der Waals surface area contributed by atoms with Crippen molar-refractivity contribution in [1.82, 2.24) is 0 Å². The number of nitrogens with two attached hydrogens (primary N) is 2. The van der Waals surface area contributed by atoms with Crippen LogP contribution in [0.4, 0.5) is 0 Å². The summed E-state index contributed by atoms with van der Waals surface area (Å²) in [5.74, 6) is 0. The molecule has 1 atom stereocenters. The van der Waals surface area contributed by atoms with Gasteiger partial charge in [-0.3, -0.25) is 0 Å². The predicted molar refractivity (Wildman–Crippen MR) is 108 cm³/mol. The molecule has 1 rings (SSSR count). The molecule has 1 aliphatic carbocycles. The Balaban J connectivity index is 1.81. The van der Waals surface area contributed by atoms with Crippen LogP contribution in [0, 0.1) is 0 Å². The summed E-state index contributed by atoms with van der Waals surface area (Å²) in [5, 5.41) is 0.